The van der Waals surface area contributed by atoms with Crippen LogP contribution in [0.1, 0.15) is 25.0 Å². The van der Waals surface area contributed by atoms with Gasteiger partial charge in [-0.05, 0) is 62.2 Å². The van der Waals surface area contributed by atoms with Gasteiger partial charge >= 0.3 is 0 Å². The summed E-state index contributed by atoms with van der Waals surface area (Å²) in [7, 11) is -3.71. The second-order valence-electron chi connectivity index (χ2n) is 6.04. The van der Waals surface area contributed by atoms with E-state index in [-0.39, 0.29) is 17.4 Å². The molecule has 3 N–H and O–H groups in total. The fraction of sp³-hybridized carbons (Fsp3) is 0.278. The SMILES string of the molecule is Cc1cc(S(=O)(=O)Nc2ccc(CC(N)=O)cc2)ccc1OC(C)C. The maximum atomic E-state index is 12.5. The van der Waals surface area contributed by atoms with Crippen molar-refractivity contribution in [1.82, 2.24) is 0 Å². The van der Waals surface area contributed by atoms with Gasteiger partial charge in [0.25, 0.3) is 10.0 Å². The number of ether oxygens (including phenoxy) is 1. The van der Waals surface area contributed by atoms with Gasteiger partial charge < -0.3 is 10.5 Å². The molecule has 0 atom stereocenters. The first kappa shape index (κ1) is 18.8. The number of nitrogens with one attached hydrogen (secondary N) is 1. The first-order valence-electron chi connectivity index (χ1n) is 7.85. The zero-order valence-electron chi connectivity index (χ0n) is 14.4. The van der Waals surface area contributed by atoms with E-state index in [9.17, 15) is 13.2 Å². The summed E-state index contributed by atoms with van der Waals surface area (Å²) >= 11 is 0. The first-order chi connectivity index (χ1) is 11.7. The van der Waals surface area contributed by atoms with Crippen molar-refractivity contribution in [2.24, 2.45) is 5.73 Å². The van der Waals surface area contributed by atoms with Gasteiger partial charge in [-0.3, -0.25) is 9.52 Å². The Balaban J connectivity index is 2.18. The Morgan fingerprint density at radius 2 is 1.80 bits per heavy atom. The Labute approximate surface area is 148 Å². The first-order valence-corrected chi connectivity index (χ1v) is 9.33. The number of benzene rings is 2. The average Bonchev–Trinajstić information content (AvgIpc) is 2.50. The number of anilines is 1. The van der Waals surface area contributed by atoms with Gasteiger partial charge in [0.05, 0.1) is 17.4 Å². The summed E-state index contributed by atoms with van der Waals surface area (Å²) in [5, 5.41) is 0. The minimum atomic E-state index is -3.71. The van der Waals surface area contributed by atoms with E-state index in [0.717, 1.165) is 11.1 Å². The molecule has 7 heteroatoms. The van der Waals surface area contributed by atoms with Crippen molar-refractivity contribution in [3.05, 3.63) is 53.6 Å². The molecule has 0 bridgehead atoms. The molecule has 0 saturated carbocycles. The number of sulfonamides is 1. The van der Waals surface area contributed by atoms with Crippen LogP contribution in [0.5, 0.6) is 5.75 Å². The molecule has 2 aromatic carbocycles. The normalized spacial score (nSPS) is 11.4. The molecular weight excluding hydrogens is 340 g/mol. The van der Waals surface area contributed by atoms with Gasteiger partial charge in [0, 0.05) is 5.69 Å². The topological polar surface area (TPSA) is 98.5 Å². The van der Waals surface area contributed by atoms with E-state index in [0.29, 0.717) is 11.4 Å². The molecule has 0 radical (unpaired) electrons. The summed E-state index contributed by atoms with van der Waals surface area (Å²) < 4.78 is 33.2. The fourth-order valence-electron chi connectivity index (χ4n) is 2.28. The third kappa shape index (κ3) is 5.22. The molecule has 0 unspecified atom stereocenters. The quantitative estimate of drug-likeness (QED) is 0.791. The van der Waals surface area contributed by atoms with Crippen molar-refractivity contribution in [3.63, 3.8) is 0 Å². The smallest absolute Gasteiger partial charge is 0.261 e. The zero-order chi connectivity index (χ0) is 18.6. The van der Waals surface area contributed by atoms with Crippen LogP contribution < -0.4 is 15.2 Å². The summed E-state index contributed by atoms with van der Waals surface area (Å²) in [4.78, 5) is 11.0. The lowest BCUT2D eigenvalue weighted by molar-refractivity contribution is -0.117. The molecule has 0 aliphatic carbocycles. The second-order valence-corrected chi connectivity index (χ2v) is 7.72. The number of nitrogens with two attached hydrogens (primary N) is 1. The summed E-state index contributed by atoms with van der Waals surface area (Å²) in [6.07, 6.45) is 0.127. The predicted octanol–water partition coefficient (Wildman–Crippen LogP) is 2.61. The molecule has 0 aliphatic rings. The summed E-state index contributed by atoms with van der Waals surface area (Å²) in [5.74, 6) is 0.220. The van der Waals surface area contributed by atoms with Gasteiger partial charge in [-0.1, -0.05) is 12.1 Å². The molecule has 134 valence electrons. The van der Waals surface area contributed by atoms with Crippen LogP contribution in [-0.4, -0.2) is 20.4 Å². The van der Waals surface area contributed by atoms with Crippen LogP contribution in [-0.2, 0) is 21.2 Å². The van der Waals surface area contributed by atoms with Crippen LogP contribution in [0.25, 0.3) is 0 Å². The molecule has 0 fully saturated rings. The highest BCUT2D eigenvalue weighted by molar-refractivity contribution is 7.92. The maximum Gasteiger partial charge on any atom is 0.261 e. The standard InChI is InChI=1S/C18H22N2O4S/c1-12(2)24-17-9-8-16(10-13(17)3)25(22,23)20-15-6-4-14(5-7-15)11-18(19)21/h4-10,12,20H,11H2,1-3H3,(H2,19,21). The Hall–Kier alpha value is -2.54. The van der Waals surface area contributed by atoms with Crippen molar-refractivity contribution in [1.29, 1.82) is 0 Å². The van der Waals surface area contributed by atoms with Crippen molar-refractivity contribution in [3.8, 4) is 5.75 Å². The fourth-order valence-corrected chi connectivity index (χ4v) is 3.42. The molecule has 2 rings (SSSR count). The van der Waals surface area contributed by atoms with Gasteiger partial charge in [-0.2, -0.15) is 0 Å². The molecule has 0 saturated heterocycles. The molecule has 25 heavy (non-hydrogen) atoms. The predicted molar refractivity (Wildman–Crippen MR) is 97.1 cm³/mol. The van der Waals surface area contributed by atoms with Crippen LogP contribution >= 0.6 is 0 Å². The van der Waals surface area contributed by atoms with Crippen LogP contribution in [0, 0.1) is 6.92 Å². The highest BCUT2D eigenvalue weighted by Gasteiger charge is 2.16. The van der Waals surface area contributed by atoms with Gasteiger partial charge in [-0.25, -0.2) is 8.42 Å². The molecule has 1 amide bonds. The van der Waals surface area contributed by atoms with E-state index in [1.807, 2.05) is 13.8 Å². The Bertz CT molecular complexity index is 859. The van der Waals surface area contributed by atoms with Crippen LogP contribution in [0.15, 0.2) is 47.4 Å². The van der Waals surface area contributed by atoms with Crippen molar-refractivity contribution in [2.75, 3.05) is 4.72 Å². The zero-order valence-corrected chi connectivity index (χ0v) is 15.3. The molecule has 0 spiro atoms. The molecule has 2 aromatic rings. The number of amides is 1. The number of carbonyl (C=O) groups excluding carboxylic acids is 1. The van der Waals surface area contributed by atoms with E-state index in [4.69, 9.17) is 10.5 Å². The van der Waals surface area contributed by atoms with E-state index in [1.54, 1.807) is 43.3 Å². The lowest BCUT2D eigenvalue weighted by Crippen LogP contribution is -2.15. The number of carbonyl (C=O) groups is 1. The number of hydrogen-bond donors (Lipinski definition) is 2. The Kier molecular flexibility index (Phi) is 5.69. The van der Waals surface area contributed by atoms with E-state index < -0.39 is 15.9 Å². The number of aryl methyl sites for hydroxylation is 1. The van der Waals surface area contributed by atoms with Gasteiger partial charge in [0.1, 0.15) is 5.75 Å². The molecule has 0 heterocycles. The van der Waals surface area contributed by atoms with Gasteiger partial charge in [0.15, 0.2) is 0 Å². The Morgan fingerprint density at radius 3 is 2.32 bits per heavy atom. The number of rotatable bonds is 7. The van der Waals surface area contributed by atoms with E-state index >= 15 is 0 Å². The molecule has 0 aromatic heterocycles. The van der Waals surface area contributed by atoms with Crippen LogP contribution in [0.4, 0.5) is 5.69 Å². The number of primary amides is 1. The van der Waals surface area contributed by atoms with E-state index in [2.05, 4.69) is 4.72 Å². The molecule has 0 aliphatic heterocycles. The van der Waals surface area contributed by atoms with E-state index in [1.165, 1.54) is 6.07 Å². The maximum absolute atomic E-state index is 12.5. The average molecular weight is 362 g/mol. The van der Waals surface area contributed by atoms with Gasteiger partial charge in [0.2, 0.25) is 5.91 Å². The van der Waals surface area contributed by atoms with Gasteiger partial charge in [-0.15, -0.1) is 0 Å². The minimum Gasteiger partial charge on any atom is -0.491 e. The lowest BCUT2D eigenvalue weighted by atomic mass is 10.1. The minimum absolute atomic E-state index is 0.0122. The molecule has 6 nitrogen and oxygen atoms in total. The summed E-state index contributed by atoms with van der Waals surface area (Å²) in [5.41, 5.74) is 7.01. The third-order valence-corrected chi connectivity index (χ3v) is 4.78. The highest BCUT2D eigenvalue weighted by atomic mass is 32.2. The van der Waals surface area contributed by atoms with Crippen molar-refractivity contribution in [2.45, 2.75) is 38.2 Å². The molecular formula is C18H22N2O4S. The van der Waals surface area contributed by atoms with Crippen molar-refractivity contribution < 1.29 is 17.9 Å². The second kappa shape index (κ2) is 7.57. The Morgan fingerprint density at radius 1 is 1.16 bits per heavy atom. The largest absolute Gasteiger partial charge is 0.491 e. The summed E-state index contributed by atoms with van der Waals surface area (Å²) in [6.45, 7) is 5.62. The highest BCUT2D eigenvalue weighted by Crippen LogP contribution is 2.24. The van der Waals surface area contributed by atoms with Crippen molar-refractivity contribution >= 4 is 21.6 Å². The lowest BCUT2D eigenvalue weighted by Gasteiger charge is -2.14. The third-order valence-electron chi connectivity index (χ3n) is 3.40. The monoisotopic (exact) mass is 362 g/mol. The number of hydrogen-bond acceptors (Lipinski definition) is 4. The van der Waals surface area contributed by atoms with Crippen LogP contribution in [0.3, 0.4) is 0 Å². The van der Waals surface area contributed by atoms with Crippen LogP contribution in [0.2, 0.25) is 0 Å². The summed E-state index contributed by atoms with van der Waals surface area (Å²) in [6, 6.07) is 11.2.